The van der Waals surface area contributed by atoms with Gasteiger partial charge >= 0.3 is 0 Å². The monoisotopic (exact) mass is 299 g/mol. The van der Waals surface area contributed by atoms with Gasteiger partial charge in [0.15, 0.2) is 0 Å². The van der Waals surface area contributed by atoms with E-state index in [9.17, 15) is 8.42 Å². The minimum Gasteiger partial charge on any atom is -0.398 e. The first-order valence-electron chi connectivity index (χ1n) is 6.63. The zero-order valence-electron chi connectivity index (χ0n) is 11.7. The number of rotatable bonds is 3. The van der Waals surface area contributed by atoms with Gasteiger partial charge in [0.25, 0.3) is 0 Å². The fraction of sp³-hybridized carbons (Fsp3) is 0.538. The second kappa shape index (κ2) is 5.59. The Morgan fingerprint density at radius 3 is 2.70 bits per heavy atom. The Bertz CT molecular complexity index is 589. The quantitative estimate of drug-likeness (QED) is 0.809. The maximum absolute atomic E-state index is 11.4. The maximum atomic E-state index is 11.4. The summed E-state index contributed by atoms with van der Waals surface area (Å²) >= 11 is 0. The van der Waals surface area contributed by atoms with Gasteiger partial charge < -0.3 is 15.4 Å². The minimum absolute atomic E-state index is 0.0318. The number of hydrogen-bond donors (Lipinski definition) is 2. The molecule has 6 nitrogen and oxygen atoms in total. The first kappa shape index (κ1) is 15.1. The average molecular weight is 299 g/mol. The number of anilines is 2. The van der Waals surface area contributed by atoms with Gasteiger partial charge in [0.1, 0.15) is 4.90 Å². The molecule has 0 aliphatic carbocycles. The van der Waals surface area contributed by atoms with Crippen LogP contribution in [0.2, 0.25) is 0 Å². The van der Waals surface area contributed by atoms with Gasteiger partial charge in [-0.15, -0.1) is 0 Å². The van der Waals surface area contributed by atoms with Crippen LogP contribution in [0.3, 0.4) is 0 Å². The number of sulfonamides is 1. The van der Waals surface area contributed by atoms with Crippen LogP contribution in [0.4, 0.5) is 11.4 Å². The standard InChI is InChI=1S/C13H21N3O3S/c1-3-10-8-19-9(2)7-16(10)11-4-5-13(12(14)6-11)20(15,17)18/h4-6,9-10H,3,7-8,14H2,1-2H3,(H2,15,17,18). The molecule has 1 heterocycles. The highest BCUT2D eigenvalue weighted by Crippen LogP contribution is 2.28. The van der Waals surface area contributed by atoms with Gasteiger partial charge in [0, 0.05) is 12.2 Å². The fourth-order valence-corrected chi connectivity index (χ4v) is 3.12. The molecule has 1 aromatic rings. The van der Waals surface area contributed by atoms with Crippen molar-refractivity contribution in [2.75, 3.05) is 23.8 Å². The lowest BCUT2D eigenvalue weighted by Crippen LogP contribution is -2.48. The summed E-state index contributed by atoms with van der Waals surface area (Å²) in [6, 6.07) is 5.15. The summed E-state index contributed by atoms with van der Waals surface area (Å²) in [5, 5.41) is 5.12. The third-order valence-corrected chi connectivity index (χ3v) is 4.56. The van der Waals surface area contributed by atoms with Crippen molar-refractivity contribution in [3.8, 4) is 0 Å². The Morgan fingerprint density at radius 2 is 2.15 bits per heavy atom. The number of ether oxygens (including phenoxy) is 1. The predicted molar refractivity (Wildman–Crippen MR) is 79.1 cm³/mol. The van der Waals surface area contributed by atoms with E-state index in [0.29, 0.717) is 6.61 Å². The summed E-state index contributed by atoms with van der Waals surface area (Å²) < 4.78 is 28.4. The summed E-state index contributed by atoms with van der Waals surface area (Å²) in [6.07, 6.45) is 1.08. The number of hydrogen-bond acceptors (Lipinski definition) is 5. The van der Waals surface area contributed by atoms with Crippen LogP contribution in [0.5, 0.6) is 0 Å². The summed E-state index contributed by atoms with van der Waals surface area (Å²) in [5.74, 6) is 0. The lowest BCUT2D eigenvalue weighted by Gasteiger charge is -2.40. The Balaban J connectivity index is 2.35. The first-order valence-corrected chi connectivity index (χ1v) is 8.18. The van der Waals surface area contributed by atoms with Crippen molar-refractivity contribution in [3.63, 3.8) is 0 Å². The molecule has 1 fully saturated rings. The molecular weight excluding hydrogens is 278 g/mol. The van der Waals surface area contributed by atoms with Gasteiger partial charge in [-0.05, 0) is 31.5 Å². The number of morpholine rings is 1. The van der Waals surface area contributed by atoms with Gasteiger partial charge in [-0.1, -0.05) is 6.92 Å². The topological polar surface area (TPSA) is 98.6 Å². The number of primary sulfonamides is 1. The number of nitrogen functional groups attached to an aromatic ring is 1. The molecule has 20 heavy (non-hydrogen) atoms. The van der Waals surface area contributed by atoms with Crippen LogP contribution in [0, 0.1) is 0 Å². The molecule has 2 unspecified atom stereocenters. The van der Waals surface area contributed by atoms with E-state index >= 15 is 0 Å². The Kier molecular flexibility index (Phi) is 4.22. The van der Waals surface area contributed by atoms with Crippen LogP contribution >= 0.6 is 0 Å². The second-order valence-corrected chi connectivity index (χ2v) is 6.66. The molecule has 112 valence electrons. The van der Waals surface area contributed by atoms with Gasteiger partial charge in [0.2, 0.25) is 10.0 Å². The van der Waals surface area contributed by atoms with Gasteiger partial charge in [0.05, 0.1) is 24.4 Å². The third kappa shape index (κ3) is 3.05. The molecule has 7 heteroatoms. The van der Waals surface area contributed by atoms with Crippen molar-refractivity contribution in [3.05, 3.63) is 18.2 Å². The molecule has 0 aromatic heterocycles. The molecule has 2 atom stereocenters. The van der Waals surface area contributed by atoms with E-state index in [2.05, 4.69) is 11.8 Å². The van der Waals surface area contributed by atoms with Crippen molar-refractivity contribution in [1.82, 2.24) is 0 Å². The normalized spacial score (nSPS) is 23.9. The Labute approximate surface area is 119 Å². The fourth-order valence-electron chi connectivity index (χ4n) is 2.47. The van der Waals surface area contributed by atoms with Crippen LogP contribution < -0.4 is 15.8 Å². The molecule has 0 radical (unpaired) electrons. The molecule has 1 saturated heterocycles. The van der Waals surface area contributed by atoms with E-state index in [4.69, 9.17) is 15.6 Å². The lowest BCUT2D eigenvalue weighted by atomic mass is 10.1. The zero-order valence-corrected chi connectivity index (χ0v) is 12.6. The van der Waals surface area contributed by atoms with Crippen molar-refractivity contribution in [1.29, 1.82) is 0 Å². The Morgan fingerprint density at radius 1 is 1.45 bits per heavy atom. The second-order valence-electron chi connectivity index (χ2n) is 5.13. The average Bonchev–Trinajstić information content (AvgIpc) is 2.37. The summed E-state index contributed by atoms with van der Waals surface area (Å²) in [6.45, 7) is 5.53. The molecular formula is C13H21N3O3S. The van der Waals surface area contributed by atoms with Gasteiger partial charge in [-0.2, -0.15) is 0 Å². The van der Waals surface area contributed by atoms with Crippen molar-refractivity contribution >= 4 is 21.4 Å². The molecule has 2 rings (SSSR count). The van der Waals surface area contributed by atoms with E-state index in [0.717, 1.165) is 18.7 Å². The third-order valence-electron chi connectivity index (χ3n) is 3.57. The zero-order chi connectivity index (χ0) is 14.9. The largest absolute Gasteiger partial charge is 0.398 e. The Hall–Kier alpha value is -1.31. The predicted octanol–water partition coefficient (Wildman–Crippen LogP) is 0.920. The highest BCUT2D eigenvalue weighted by Gasteiger charge is 2.26. The summed E-state index contributed by atoms with van der Waals surface area (Å²) in [4.78, 5) is 2.17. The number of benzene rings is 1. The van der Waals surface area contributed by atoms with Gasteiger partial charge in [-0.25, -0.2) is 13.6 Å². The molecule has 0 spiro atoms. The lowest BCUT2D eigenvalue weighted by molar-refractivity contribution is 0.0299. The molecule has 4 N–H and O–H groups in total. The highest BCUT2D eigenvalue weighted by molar-refractivity contribution is 7.89. The summed E-state index contributed by atoms with van der Waals surface area (Å²) in [5.41, 5.74) is 6.90. The highest BCUT2D eigenvalue weighted by atomic mass is 32.2. The van der Waals surface area contributed by atoms with Gasteiger partial charge in [-0.3, -0.25) is 0 Å². The van der Waals surface area contributed by atoms with Crippen LogP contribution in [-0.4, -0.2) is 33.7 Å². The molecule has 0 amide bonds. The van der Waals surface area contributed by atoms with E-state index in [1.54, 1.807) is 12.1 Å². The van der Waals surface area contributed by atoms with Crippen LogP contribution in [-0.2, 0) is 14.8 Å². The maximum Gasteiger partial charge on any atom is 0.240 e. The molecule has 1 aromatic carbocycles. The van der Waals surface area contributed by atoms with Crippen molar-refractivity contribution in [2.24, 2.45) is 5.14 Å². The number of nitrogens with zero attached hydrogens (tertiary/aromatic N) is 1. The van der Waals surface area contributed by atoms with Crippen LogP contribution in [0.25, 0.3) is 0 Å². The molecule has 1 aliphatic rings. The molecule has 1 aliphatic heterocycles. The summed E-state index contributed by atoms with van der Waals surface area (Å²) in [7, 11) is -3.78. The minimum atomic E-state index is -3.78. The van der Waals surface area contributed by atoms with E-state index < -0.39 is 10.0 Å². The number of nitrogens with two attached hydrogens (primary N) is 2. The SMILES string of the molecule is CCC1COC(C)CN1c1ccc(S(N)(=O)=O)c(N)c1. The van der Waals surface area contributed by atoms with Crippen LogP contribution in [0.15, 0.2) is 23.1 Å². The van der Waals surface area contributed by atoms with Crippen molar-refractivity contribution in [2.45, 2.75) is 37.3 Å². The van der Waals surface area contributed by atoms with E-state index in [-0.39, 0.29) is 22.7 Å². The first-order chi connectivity index (χ1) is 9.32. The van der Waals surface area contributed by atoms with Crippen LogP contribution in [0.1, 0.15) is 20.3 Å². The smallest absolute Gasteiger partial charge is 0.240 e. The van der Waals surface area contributed by atoms with E-state index in [1.165, 1.54) is 6.07 Å². The molecule has 0 saturated carbocycles. The van der Waals surface area contributed by atoms with E-state index in [1.807, 2.05) is 6.92 Å². The van der Waals surface area contributed by atoms with Crippen molar-refractivity contribution < 1.29 is 13.2 Å². The molecule has 0 bridgehead atoms.